The maximum absolute atomic E-state index is 7.53. The first-order valence-electron chi connectivity index (χ1n) is 7.52. The summed E-state index contributed by atoms with van der Waals surface area (Å²) < 4.78 is 4.91. The Labute approximate surface area is 127 Å². The van der Waals surface area contributed by atoms with Gasteiger partial charge in [-0.3, -0.25) is 5.41 Å². The molecule has 0 spiro atoms. The van der Waals surface area contributed by atoms with Crippen LogP contribution in [0.4, 0.5) is 0 Å². The first kappa shape index (κ1) is 15.3. The van der Waals surface area contributed by atoms with Crippen molar-refractivity contribution in [2.24, 2.45) is 0 Å². The number of hydrogen-bond donors (Lipinski definition) is 1. The van der Waals surface area contributed by atoms with Crippen LogP contribution >= 0.6 is 0 Å². The third kappa shape index (κ3) is 4.75. The predicted molar refractivity (Wildman–Crippen MR) is 87.9 cm³/mol. The van der Waals surface area contributed by atoms with Gasteiger partial charge in [0.2, 0.25) is 0 Å². The van der Waals surface area contributed by atoms with Crippen LogP contribution in [0.2, 0.25) is 0 Å². The Kier molecular flexibility index (Phi) is 6.01. The molecule has 0 aliphatic rings. The van der Waals surface area contributed by atoms with E-state index in [2.05, 4.69) is 60.7 Å². The lowest BCUT2D eigenvalue weighted by Gasteiger charge is -2.18. The summed E-state index contributed by atoms with van der Waals surface area (Å²) in [6, 6.07) is 21.3. The number of methoxy groups -OCH3 is 1. The summed E-state index contributed by atoms with van der Waals surface area (Å²) in [7, 11) is 1.57. The lowest BCUT2D eigenvalue weighted by Crippen LogP contribution is -2.03. The Morgan fingerprint density at radius 1 is 0.905 bits per heavy atom. The topological polar surface area (TPSA) is 33.1 Å². The van der Waals surface area contributed by atoms with Crippen molar-refractivity contribution in [1.82, 2.24) is 0 Å². The highest BCUT2D eigenvalue weighted by Crippen LogP contribution is 2.29. The SMILES string of the molecule is COC(=N)CCCCC(c1ccccc1)c1ccccc1. The summed E-state index contributed by atoms with van der Waals surface area (Å²) in [5.41, 5.74) is 2.73. The highest BCUT2D eigenvalue weighted by molar-refractivity contribution is 5.72. The molecule has 2 aromatic rings. The van der Waals surface area contributed by atoms with Crippen LogP contribution in [0.25, 0.3) is 0 Å². The Bertz CT molecular complexity index is 497. The smallest absolute Gasteiger partial charge is 0.180 e. The molecule has 0 heterocycles. The van der Waals surface area contributed by atoms with E-state index in [1.54, 1.807) is 7.11 Å². The van der Waals surface area contributed by atoms with Gasteiger partial charge in [0.05, 0.1) is 7.11 Å². The zero-order chi connectivity index (χ0) is 14.9. The Morgan fingerprint density at radius 3 is 1.90 bits per heavy atom. The van der Waals surface area contributed by atoms with Crippen LogP contribution in [0.1, 0.15) is 42.7 Å². The van der Waals surface area contributed by atoms with E-state index in [1.165, 1.54) is 11.1 Å². The second-order valence-corrected chi connectivity index (χ2v) is 5.25. The zero-order valence-corrected chi connectivity index (χ0v) is 12.6. The zero-order valence-electron chi connectivity index (χ0n) is 12.6. The number of unbranched alkanes of at least 4 members (excludes halogenated alkanes) is 1. The molecule has 2 aromatic carbocycles. The number of nitrogens with one attached hydrogen (secondary N) is 1. The van der Waals surface area contributed by atoms with Gasteiger partial charge in [-0.25, -0.2) is 0 Å². The molecule has 0 fully saturated rings. The molecule has 0 radical (unpaired) electrons. The minimum absolute atomic E-state index is 0.381. The first-order valence-corrected chi connectivity index (χ1v) is 7.52. The van der Waals surface area contributed by atoms with Gasteiger partial charge < -0.3 is 4.74 Å². The minimum atomic E-state index is 0.381. The number of rotatable bonds is 7. The van der Waals surface area contributed by atoms with Gasteiger partial charge in [0.1, 0.15) is 0 Å². The van der Waals surface area contributed by atoms with Crippen molar-refractivity contribution in [3.05, 3.63) is 71.8 Å². The van der Waals surface area contributed by atoms with Gasteiger partial charge in [-0.2, -0.15) is 0 Å². The van der Waals surface area contributed by atoms with E-state index >= 15 is 0 Å². The molecule has 0 saturated carbocycles. The monoisotopic (exact) mass is 281 g/mol. The van der Waals surface area contributed by atoms with Gasteiger partial charge in [-0.1, -0.05) is 67.1 Å². The Hall–Kier alpha value is -2.09. The van der Waals surface area contributed by atoms with Gasteiger partial charge in [-0.05, 0) is 24.0 Å². The average Bonchev–Trinajstić information content (AvgIpc) is 2.56. The van der Waals surface area contributed by atoms with Gasteiger partial charge in [0.15, 0.2) is 5.90 Å². The molecule has 110 valence electrons. The van der Waals surface area contributed by atoms with Crippen LogP contribution in [0.5, 0.6) is 0 Å². The molecule has 2 nitrogen and oxygen atoms in total. The molecule has 2 rings (SSSR count). The normalized spacial score (nSPS) is 10.6. The molecule has 0 unspecified atom stereocenters. The third-order valence-corrected chi connectivity index (χ3v) is 3.80. The average molecular weight is 281 g/mol. The molecule has 0 aliphatic carbocycles. The molecular weight excluding hydrogens is 258 g/mol. The lowest BCUT2D eigenvalue weighted by molar-refractivity contribution is 0.382. The summed E-state index contributed by atoms with van der Waals surface area (Å²) in [6.45, 7) is 0. The van der Waals surface area contributed by atoms with E-state index in [4.69, 9.17) is 10.1 Å². The van der Waals surface area contributed by atoms with Crippen molar-refractivity contribution >= 4 is 5.90 Å². The summed E-state index contributed by atoms with van der Waals surface area (Å²) in [4.78, 5) is 0. The van der Waals surface area contributed by atoms with Crippen LogP contribution in [0.15, 0.2) is 60.7 Å². The van der Waals surface area contributed by atoms with Gasteiger partial charge in [-0.15, -0.1) is 0 Å². The highest BCUT2D eigenvalue weighted by atomic mass is 16.5. The fraction of sp³-hybridized carbons (Fsp3) is 0.316. The molecule has 2 heteroatoms. The van der Waals surface area contributed by atoms with Crippen molar-refractivity contribution in [3.63, 3.8) is 0 Å². The summed E-state index contributed by atoms with van der Waals surface area (Å²) >= 11 is 0. The summed E-state index contributed by atoms with van der Waals surface area (Å²) in [6.07, 6.45) is 3.93. The van der Waals surface area contributed by atoms with Crippen LogP contribution < -0.4 is 0 Å². The standard InChI is InChI=1S/C19H23NO/c1-21-19(20)15-9-8-14-18(16-10-4-2-5-11-16)17-12-6-3-7-13-17/h2-7,10-13,18,20H,8-9,14-15H2,1H3. The fourth-order valence-electron chi connectivity index (χ4n) is 2.63. The Balaban J connectivity index is 2.02. The lowest BCUT2D eigenvalue weighted by atomic mass is 9.87. The fourth-order valence-corrected chi connectivity index (χ4v) is 2.63. The highest BCUT2D eigenvalue weighted by Gasteiger charge is 2.13. The van der Waals surface area contributed by atoms with Crippen molar-refractivity contribution in [3.8, 4) is 0 Å². The molecule has 0 aliphatic heterocycles. The second-order valence-electron chi connectivity index (χ2n) is 5.25. The van der Waals surface area contributed by atoms with Crippen molar-refractivity contribution < 1.29 is 4.74 Å². The van der Waals surface area contributed by atoms with Crippen LogP contribution in [0, 0.1) is 5.41 Å². The molecule has 0 saturated heterocycles. The first-order chi connectivity index (χ1) is 10.3. The molecule has 0 atom stereocenters. The molecule has 0 aromatic heterocycles. The van der Waals surface area contributed by atoms with Crippen LogP contribution in [-0.4, -0.2) is 13.0 Å². The summed E-state index contributed by atoms with van der Waals surface area (Å²) in [5, 5.41) is 7.53. The molecule has 0 amide bonds. The van der Waals surface area contributed by atoms with E-state index in [9.17, 15) is 0 Å². The molecular formula is C19H23NO. The molecule has 1 N–H and O–H groups in total. The van der Waals surface area contributed by atoms with E-state index in [0.717, 1.165) is 25.7 Å². The van der Waals surface area contributed by atoms with E-state index in [0.29, 0.717) is 11.8 Å². The summed E-state index contributed by atoms with van der Waals surface area (Å²) in [5.74, 6) is 0.815. The molecule has 21 heavy (non-hydrogen) atoms. The van der Waals surface area contributed by atoms with Crippen LogP contribution in [0.3, 0.4) is 0 Å². The maximum Gasteiger partial charge on any atom is 0.180 e. The molecule has 0 bridgehead atoms. The largest absolute Gasteiger partial charge is 0.484 e. The number of ether oxygens (including phenoxy) is 1. The van der Waals surface area contributed by atoms with Crippen molar-refractivity contribution in [2.45, 2.75) is 31.6 Å². The van der Waals surface area contributed by atoms with Crippen LogP contribution in [-0.2, 0) is 4.74 Å². The predicted octanol–water partition coefficient (Wildman–Crippen LogP) is 5.00. The van der Waals surface area contributed by atoms with Crippen molar-refractivity contribution in [1.29, 1.82) is 5.41 Å². The second kappa shape index (κ2) is 8.25. The van der Waals surface area contributed by atoms with E-state index in [-0.39, 0.29) is 0 Å². The van der Waals surface area contributed by atoms with Crippen molar-refractivity contribution in [2.75, 3.05) is 7.11 Å². The maximum atomic E-state index is 7.53. The van der Waals surface area contributed by atoms with E-state index < -0.39 is 0 Å². The number of benzene rings is 2. The van der Waals surface area contributed by atoms with E-state index in [1.807, 2.05) is 0 Å². The van der Waals surface area contributed by atoms with Gasteiger partial charge >= 0.3 is 0 Å². The Morgan fingerprint density at radius 2 is 1.43 bits per heavy atom. The number of hydrogen-bond acceptors (Lipinski definition) is 2. The van der Waals surface area contributed by atoms with Gasteiger partial charge in [0.25, 0.3) is 0 Å². The minimum Gasteiger partial charge on any atom is -0.484 e. The van der Waals surface area contributed by atoms with Gasteiger partial charge in [0, 0.05) is 12.3 Å². The quantitative estimate of drug-likeness (QED) is 0.432. The third-order valence-electron chi connectivity index (χ3n) is 3.80.